The van der Waals surface area contributed by atoms with Crippen LogP contribution >= 0.6 is 11.6 Å². The molecule has 0 saturated carbocycles. The predicted octanol–water partition coefficient (Wildman–Crippen LogP) is 2.67. The molecule has 140 valence electrons. The van der Waals surface area contributed by atoms with Gasteiger partial charge in [-0.15, -0.1) is 0 Å². The van der Waals surface area contributed by atoms with Crippen LogP contribution in [0.4, 0.5) is 5.82 Å². The normalized spacial score (nSPS) is 11.2. The van der Waals surface area contributed by atoms with E-state index in [0.29, 0.717) is 5.02 Å². The Hall–Kier alpha value is -2.12. The lowest BCUT2D eigenvalue weighted by atomic mass is 10.2. The van der Waals surface area contributed by atoms with E-state index in [1.54, 1.807) is 6.20 Å². The zero-order valence-electron chi connectivity index (χ0n) is 14.8. The first kappa shape index (κ1) is 20.2. The summed E-state index contributed by atoms with van der Waals surface area (Å²) >= 11 is 5.75. The van der Waals surface area contributed by atoms with Crippen LogP contribution in [0, 0.1) is 0 Å². The Bertz CT molecular complexity index is 833. The summed E-state index contributed by atoms with van der Waals surface area (Å²) in [7, 11) is -3.70. The highest BCUT2D eigenvalue weighted by Gasteiger charge is 2.19. The molecule has 1 heterocycles. The van der Waals surface area contributed by atoms with Crippen LogP contribution in [0.2, 0.25) is 5.02 Å². The van der Waals surface area contributed by atoms with Crippen molar-refractivity contribution in [2.75, 3.05) is 23.7 Å². The quantitative estimate of drug-likeness (QED) is 0.743. The molecule has 2 rings (SSSR count). The smallest absolute Gasteiger partial charge is 0.235 e. The van der Waals surface area contributed by atoms with Gasteiger partial charge >= 0.3 is 0 Å². The molecule has 1 aromatic carbocycles. The van der Waals surface area contributed by atoms with Crippen LogP contribution in [0.3, 0.4) is 0 Å². The molecule has 0 radical (unpaired) electrons. The third-order valence-electron chi connectivity index (χ3n) is 3.88. The number of sulfone groups is 1. The van der Waals surface area contributed by atoms with Gasteiger partial charge in [-0.1, -0.05) is 17.7 Å². The fourth-order valence-electron chi connectivity index (χ4n) is 2.41. The third kappa shape index (κ3) is 5.44. The zero-order valence-corrected chi connectivity index (χ0v) is 16.3. The molecule has 0 spiro atoms. The van der Waals surface area contributed by atoms with Crippen molar-refractivity contribution in [2.24, 2.45) is 0 Å². The number of nitrogens with zero attached hydrogens (tertiary/aromatic N) is 2. The summed E-state index contributed by atoms with van der Waals surface area (Å²) < 4.78 is 24.5. The minimum Gasteiger partial charge on any atom is -0.357 e. The number of hydrogen-bond acceptors (Lipinski definition) is 5. The highest BCUT2D eigenvalue weighted by molar-refractivity contribution is 7.92. The van der Waals surface area contributed by atoms with E-state index in [4.69, 9.17) is 11.6 Å². The Labute approximate surface area is 159 Å². The summed E-state index contributed by atoms with van der Waals surface area (Å²) in [6, 6.07) is 9.50. The van der Waals surface area contributed by atoms with Crippen molar-refractivity contribution < 1.29 is 13.2 Å². The summed E-state index contributed by atoms with van der Waals surface area (Å²) in [5.74, 6) is -0.303. The van der Waals surface area contributed by atoms with Crippen LogP contribution in [0.25, 0.3) is 0 Å². The average Bonchev–Trinajstić information content (AvgIpc) is 2.62. The first-order chi connectivity index (χ1) is 12.4. The van der Waals surface area contributed by atoms with Crippen LogP contribution in [0.1, 0.15) is 19.4 Å². The maximum Gasteiger partial charge on any atom is 0.235 e. The number of halogens is 1. The largest absolute Gasteiger partial charge is 0.357 e. The molecule has 0 fully saturated rings. The fraction of sp³-hybridized carbons (Fsp3) is 0.333. The van der Waals surface area contributed by atoms with Gasteiger partial charge in [-0.05, 0) is 49.7 Å². The van der Waals surface area contributed by atoms with Gasteiger partial charge < -0.3 is 10.2 Å². The SMILES string of the molecule is CCN(CC)c1ccc(CNC(=O)CS(=O)(=O)c2ccc(Cl)cc2)cn1. The van der Waals surface area contributed by atoms with Crippen molar-refractivity contribution >= 4 is 33.2 Å². The second kappa shape index (κ2) is 9.00. The summed E-state index contributed by atoms with van der Waals surface area (Å²) in [4.78, 5) is 18.6. The van der Waals surface area contributed by atoms with Gasteiger partial charge in [-0.25, -0.2) is 13.4 Å². The standard InChI is InChI=1S/C18H22ClN3O3S/c1-3-22(4-2)17-10-5-14(11-20-17)12-21-18(23)13-26(24,25)16-8-6-15(19)7-9-16/h5-11H,3-4,12-13H2,1-2H3,(H,21,23). The van der Waals surface area contributed by atoms with Crippen LogP contribution in [0.15, 0.2) is 47.5 Å². The number of pyridine rings is 1. The highest BCUT2D eigenvalue weighted by atomic mass is 35.5. The monoisotopic (exact) mass is 395 g/mol. The van der Waals surface area contributed by atoms with E-state index in [1.165, 1.54) is 24.3 Å². The van der Waals surface area contributed by atoms with Gasteiger partial charge in [0.05, 0.1) is 4.90 Å². The molecule has 0 aliphatic carbocycles. The maximum atomic E-state index is 12.2. The van der Waals surface area contributed by atoms with E-state index < -0.39 is 21.5 Å². The van der Waals surface area contributed by atoms with Gasteiger partial charge in [0, 0.05) is 30.9 Å². The highest BCUT2D eigenvalue weighted by Crippen LogP contribution is 2.15. The van der Waals surface area contributed by atoms with Crippen LogP contribution in [0.5, 0.6) is 0 Å². The topological polar surface area (TPSA) is 79.4 Å². The molecular formula is C18H22ClN3O3S. The fourth-order valence-corrected chi connectivity index (χ4v) is 3.70. The van der Waals surface area contributed by atoms with Gasteiger partial charge in [0.2, 0.25) is 5.91 Å². The first-order valence-corrected chi connectivity index (χ1v) is 10.3. The Morgan fingerprint density at radius 1 is 1.12 bits per heavy atom. The van der Waals surface area contributed by atoms with Crippen molar-refractivity contribution in [3.8, 4) is 0 Å². The van der Waals surface area contributed by atoms with E-state index >= 15 is 0 Å². The Morgan fingerprint density at radius 2 is 1.77 bits per heavy atom. The predicted molar refractivity (Wildman–Crippen MR) is 103 cm³/mol. The molecule has 0 bridgehead atoms. The van der Waals surface area contributed by atoms with Crippen molar-refractivity contribution in [1.82, 2.24) is 10.3 Å². The third-order valence-corrected chi connectivity index (χ3v) is 5.76. The Kier molecular flexibility index (Phi) is 6.99. The molecule has 0 aliphatic heterocycles. The van der Waals surface area contributed by atoms with Gasteiger partial charge in [0.1, 0.15) is 11.6 Å². The molecule has 1 amide bonds. The lowest BCUT2D eigenvalue weighted by Gasteiger charge is -2.19. The molecule has 2 aromatic rings. The molecule has 0 aliphatic rings. The molecule has 1 aromatic heterocycles. The van der Waals surface area contributed by atoms with Gasteiger partial charge in [-0.2, -0.15) is 0 Å². The Balaban J connectivity index is 1.93. The summed E-state index contributed by atoms with van der Waals surface area (Å²) in [6.07, 6.45) is 1.68. The summed E-state index contributed by atoms with van der Waals surface area (Å²) in [5, 5.41) is 3.05. The molecule has 1 N–H and O–H groups in total. The number of anilines is 1. The minimum atomic E-state index is -3.70. The van der Waals surface area contributed by atoms with Gasteiger partial charge in [-0.3, -0.25) is 4.79 Å². The molecule has 0 atom stereocenters. The van der Waals surface area contributed by atoms with Crippen molar-refractivity contribution in [1.29, 1.82) is 0 Å². The molecule has 8 heteroatoms. The van der Waals surface area contributed by atoms with Crippen molar-refractivity contribution in [2.45, 2.75) is 25.3 Å². The molecular weight excluding hydrogens is 374 g/mol. The summed E-state index contributed by atoms with van der Waals surface area (Å²) in [5.41, 5.74) is 0.804. The number of aromatic nitrogens is 1. The van der Waals surface area contributed by atoms with E-state index in [1.807, 2.05) is 12.1 Å². The molecule has 6 nitrogen and oxygen atoms in total. The van der Waals surface area contributed by atoms with E-state index in [2.05, 4.69) is 29.0 Å². The number of carbonyl (C=O) groups is 1. The second-order valence-electron chi connectivity index (χ2n) is 5.69. The number of hydrogen-bond donors (Lipinski definition) is 1. The molecule has 0 unspecified atom stereocenters. The lowest BCUT2D eigenvalue weighted by molar-refractivity contribution is -0.118. The van der Waals surface area contributed by atoms with Crippen LogP contribution in [-0.4, -0.2) is 38.2 Å². The van der Waals surface area contributed by atoms with E-state index in [-0.39, 0.29) is 11.4 Å². The lowest BCUT2D eigenvalue weighted by Crippen LogP contribution is -2.30. The molecule has 0 saturated heterocycles. The van der Waals surface area contributed by atoms with Crippen LogP contribution < -0.4 is 10.2 Å². The van der Waals surface area contributed by atoms with Crippen molar-refractivity contribution in [3.05, 3.63) is 53.2 Å². The Morgan fingerprint density at radius 3 is 2.31 bits per heavy atom. The number of carbonyl (C=O) groups excluding carboxylic acids is 1. The number of rotatable bonds is 8. The second-order valence-corrected chi connectivity index (χ2v) is 8.11. The zero-order chi connectivity index (χ0) is 19.2. The number of benzene rings is 1. The van der Waals surface area contributed by atoms with Gasteiger partial charge in [0.25, 0.3) is 0 Å². The average molecular weight is 396 g/mol. The van der Waals surface area contributed by atoms with E-state index in [9.17, 15) is 13.2 Å². The minimum absolute atomic E-state index is 0.0716. The van der Waals surface area contributed by atoms with Crippen molar-refractivity contribution in [3.63, 3.8) is 0 Å². The van der Waals surface area contributed by atoms with E-state index in [0.717, 1.165) is 24.5 Å². The number of amides is 1. The van der Waals surface area contributed by atoms with Gasteiger partial charge in [0.15, 0.2) is 9.84 Å². The number of nitrogens with one attached hydrogen (secondary N) is 1. The van der Waals surface area contributed by atoms with Crippen LogP contribution in [-0.2, 0) is 21.2 Å². The first-order valence-electron chi connectivity index (χ1n) is 8.30. The maximum absolute atomic E-state index is 12.2. The summed E-state index contributed by atoms with van der Waals surface area (Å²) in [6.45, 7) is 6.06. The molecule has 26 heavy (non-hydrogen) atoms.